The SMILES string of the molecule is Cc1cc(C)n2cc(CSc3nc4ccc(Cl)cc4[nH]3)nc2n1. The number of rotatable bonds is 3. The smallest absolute Gasteiger partial charge is 0.234 e. The van der Waals surface area contributed by atoms with E-state index in [4.69, 9.17) is 11.6 Å². The van der Waals surface area contributed by atoms with E-state index in [-0.39, 0.29) is 0 Å². The number of nitrogens with zero attached hydrogens (tertiary/aromatic N) is 4. The van der Waals surface area contributed by atoms with Crippen molar-refractivity contribution in [1.29, 1.82) is 0 Å². The quantitative estimate of drug-likeness (QED) is 0.567. The summed E-state index contributed by atoms with van der Waals surface area (Å²) in [6.45, 7) is 4.04. The van der Waals surface area contributed by atoms with Crippen LogP contribution in [0, 0.1) is 13.8 Å². The predicted octanol–water partition coefficient (Wildman–Crippen LogP) is 4.17. The van der Waals surface area contributed by atoms with Gasteiger partial charge in [-0.25, -0.2) is 15.0 Å². The van der Waals surface area contributed by atoms with E-state index in [0.29, 0.717) is 5.02 Å². The number of aryl methyl sites for hydroxylation is 2. The van der Waals surface area contributed by atoms with Crippen LogP contribution in [0.5, 0.6) is 0 Å². The number of hydrogen-bond acceptors (Lipinski definition) is 4. The zero-order valence-corrected chi connectivity index (χ0v) is 14.2. The summed E-state index contributed by atoms with van der Waals surface area (Å²) < 4.78 is 2.02. The van der Waals surface area contributed by atoms with Crippen molar-refractivity contribution >= 4 is 40.2 Å². The number of benzene rings is 1. The maximum absolute atomic E-state index is 6.00. The summed E-state index contributed by atoms with van der Waals surface area (Å²) >= 11 is 7.62. The summed E-state index contributed by atoms with van der Waals surface area (Å²) in [5.41, 5.74) is 4.96. The topological polar surface area (TPSA) is 58.9 Å². The Bertz CT molecular complexity index is 1020. The van der Waals surface area contributed by atoms with E-state index in [0.717, 1.165) is 44.8 Å². The molecular weight excluding hydrogens is 330 g/mol. The van der Waals surface area contributed by atoms with Crippen LogP contribution < -0.4 is 0 Å². The standard InChI is InChI=1S/C16H14ClN5S/c1-9-5-10(2)22-7-12(19-15(22)18-9)8-23-16-20-13-4-3-11(17)6-14(13)21-16/h3-7H,8H2,1-2H3,(H,20,21). The lowest BCUT2D eigenvalue weighted by molar-refractivity contribution is 1.01. The van der Waals surface area contributed by atoms with Gasteiger partial charge in [-0.15, -0.1) is 0 Å². The second-order valence-corrected chi connectivity index (χ2v) is 6.83. The van der Waals surface area contributed by atoms with Crippen molar-refractivity contribution in [3.05, 3.63) is 52.6 Å². The fraction of sp³-hybridized carbons (Fsp3) is 0.188. The van der Waals surface area contributed by atoms with Crippen molar-refractivity contribution in [2.45, 2.75) is 24.8 Å². The predicted molar refractivity (Wildman–Crippen MR) is 93.1 cm³/mol. The minimum atomic E-state index is 0.704. The fourth-order valence-electron chi connectivity index (χ4n) is 2.56. The summed E-state index contributed by atoms with van der Waals surface area (Å²) in [5, 5.41) is 1.56. The van der Waals surface area contributed by atoms with Gasteiger partial charge in [-0.3, -0.25) is 4.40 Å². The molecule has 5 nitrogen and oxygen atoms in total. The van der Waals surface area contributed by atoms with Crippen molar-refractivity contribution in [2.75, 3.05) is 0 Å². The first-order valence-corrected chi connectivity index (χ1v) is 8.55. The first-order chi connectivity index (χ1) is 11.1. The summed E-state index contributed by atoms with van der Waals surface area (Å²) in [5.74, 6) is 1.48. The molecular formula is C16H14ClN5S. The molecule has 0 saturated carbocycles. The number of fused-ring (bicyclic) bond motifs is 2. The zero-order valence-electron chi connectivity index (χ0n) is 12.7. The Labute approximate surface area is 142 Å². The van der Waals surface area contributed by atoms with Crippen molar-refractivity contribution in [2.24, 2.45) is 0 Å². The van der Waals surface area contributed by atoms with Gasteiger partial charge in [0.2, 0.25) is 5.78 Å². The second-order valence-electron chi connectivity index (χ2n) is 5.43. The van der Waals surface area contributed by atoms with Gasteiger partial charge in [0.15, 0.2) is 5.16 Å². The van der Waals surface area contributed by atoms with E-state index in [1.54, 1.807) is 11.8 Å². The van der Waals surface area contributed by atoms with Gasteiger partial charge in [0.05, 0.1) is 16.7 Å². The minimum Gasteiger partial charge on any atom is -0.333 e. The number of nitrogens with one attached hydrogen (secondary N) is 1. The molecule has 0 fully saturated rings. The molecule has 0 amide bonds. The summed E-state index contributed by atoms with van der Waals surface area (Å²) in [6, 6.07) is 7.70. The largest absolute Gasteiger partial charge is 0.333 e. The molecule has 7 heteroatoms. The Morgan fingerprint density at radius 1 is 1.17 bits per heavy atom. The molecule has 0 spiro atoms. The molecule has 4 rings (SSSR count). The highest BCUT2D eigenvalue weighted by molar-refractivity contribution is 7.98. The fourth-order valence-corrected chi connectivity index (χ4v) is 3.50. The van der Waals surface area contributed by atoms with Crippen molar-refractivity contribution in [1.82, 2.24) is 24.3 Å². The zero-order chi connectivity index (χ0) is 16.0. The van der Waals surface area contributed by atoms with Gasteiger partial charge >= 0.3 is 0 Å². The molecule has 1 aromatic carbocycles. The van der Waals surface area contributed by atoms with Crippen LogP contribution in [0.3, 0.4) is 0 Å². The molecule has 3 heterocycles. The minimum absolute atomic E-state index is 0.704. The average Bonchev–Trinajstić information content (AvgIpc) is 3.07. The summed E-state index contributed by atoms with van der Waals surface area (Å²) in [7, 11) is 0. The number of halogens is 1. The van der Waals surface area contributed by atoms with Crippen LogP contribution in [0.1, 0.15) is 17.1 Å². The molecule has 1 N–H and O–H groups in total. The monoisotopic (exact) mass is 343 g/mol. The van der Waals surface area contributed by atoms with Crippen LogP contribution in [0.4, 0.5) is 0 Å². The van der Waals surface area contributed by atoms with Gasteiger partial charge in [0.25, 0.3) is 0 Å². The normalized spacial score (nSPS) is 11.6. The first-order valence-electron chi connectivity index (χ1n) is 7.19. The van der Waals surface area contributed by atoms with Crippen LogP contribution in [-0.2, 0) is 5.75 Å². The highest BCUT2D eigenvalue weighted by atomic mass is 35.5. The van der Waals surface area contributed by atoms with Gasteiger partial charge in [-0.1, -0.05) is 23.4 Å². The molecule has 0 aliphatic carbocycles. The third-order valence-electron chi connectivity index (χ3n) is 3.59. The number of H-pyrrole nitrogens is 1. The molecule has 0 unspecified atom stereocenters. The van der Waals surface area contributed by atoms with Crippen LogP contribution in [-0.4, -0.2) is 24.3 Å². The lowest BCUT2D eigenvalue weighted by Gasteiger charge is -1.98. The van der Waals surface area contributed by atoms with E-state index < -0.39 is 0 Å². The molecule has 0 saturated heterocycles. The van der Waals surface area contributed by atoms with Crippen LogP contribution in [0.2, 0.25) is 5.02 Å². The Morgan fingerprint density at radius 3 is 2.91 bits per heavy atom. The molecule has 0 atom stereocenters. The number of thioether (sulfide) groups is 1. The maximum atomic E-state index is 6.00. The van der Waals surface area contributed by atoms with Gasteiger partial charge in [-0.2, -0.15) is 0 Å². The van der Waals surface area contributed by atoms with E-state index in [1.807, 2.05) is 35.7 Å². The summed E-state index contributed by atoms with van der Waals surface area (Å²) in [4.78, 5) is 16.9. The Balaban J connectivity index is 1.59. The average molecular weight is 344 g/mol. The van der Waals surface area contributed by atoms with Crippen molar-refractivity contribution < 1.29 is 0 Å². The molecule has 3 aromatic heterocycles. The summed E-state index contributed by atoms with van der Waals surface area (Å²) in [6.07, 6.45) is 2.03. The Hall–Kier alpha value is -2.05. The molecule has 23 heavy (non-hydrogen) atoms. The van der Waals surface area contributed by atoms with Crippen LogP contribution >= 0.6 is 23.4 Å². The van der Waals surface area contributed by atoms with Gasteiger partial charge < -0.3 is 4.98 Å². The number of aromatic nitrogens is 5. The molecule has 0 aliphatic rings. The molecule has 0 radical (unpaired) electrons. The Morgan fingerprint density at radius 2 is 2.04 bits per heavy atom. The molecule has 0 bridgehead atoms. The van der Waals surface area contributed by atoms with Gasteiger partial charge in [0, 0.05) is 28.4 Å². The number of hydrogen-bond donors (Lipinski definition) is 1. The highest BCUT2D eigenvalue weighted by Gasteiger charge is 2.08. The second kappa shape index (κ2) is 5.54. The number of imidazole rings is 2. The van der Waals surface area contributed by atoms with Crippen molar-refractivity contribution in [3.63, 3.8) is 0 Å². The van der Waals surface area contributed by atoms with E-state index in [2.05, 4.69) is 32.9 Å². The lowest BCUT2D eigenvalue weighted by atomic mass is 10.3. The number of aromatic amines is 1. The lowest BCUT2D eigenvalue weighted by Crippen LogP contribution is -1.94. The first kappa shape index (κ1) is 14.5. The van der Waals surface area contributed by atoms with E-state index >= 15 is 0 Å². The highest BCUT2D eigenvalue weighted by Crippen LogP contribution is 2.24. The van der Waals surface area contributed by atoms with E-state index in [1.165, 1.54) is 0 Å². The molecule has 0 aliphatic heterocycles. The Kier molecular flexibility index (Phi) is 3.50. The third-order valence-corrected chi connectivity index (χ3v) is 4.73. The maximum Gasteiger partial charge on any atom is 0.234 e. The van der Waals surface area contributed by atoms with Gasteiger partial charge in [-0.05, 0) is 38.1 Å². The van der Waals surface area contributed by atoms with Crippen molar-refractivity contribution in [3.8, 4) is 0 Å². The molecule has 4 aromatic rings. The van der Waals surface area contributed by atoms with E-state index in [9.17, 15) is 0 Å². The molecule has 116 valence electrons. The van der Waals surface area contributed by atoms with Crippen LogP contribution in [0.15, 0.2) is 35.6 Å². The van der Waals surface area contributed by atoms with Crippen LogP contribution in [0.25, 0.3) is 16.8 Å². The van der Waals surface area contributed by atoms with Gasteiger partial charge in [0.1, 0.15) is 0 Å². The third kappa shape index (κ3) is 2.80.